The molecular formula is C27H32FN5O3. The van der Waals surface area contributed by atoms with Crippen molar-refractivity contribution in [2.75, 3.05) is 26.7 Å². The van der Waals surface area contributed by atoms with Crippen molar-refractivity contribution < 1.29 is 13.9 Å². The van der Waals surface area contributed by atoms with Gasteiger partial charge in [0.25, 0.3) is 0 Å². The van der Waals surface area contributed by atoms with E-state index in [1.807, 2.05) is 38.1 Å². The molecule has 0 atom stereocenters. The van der Waals surface area contributed by atoms with E-state index in [9.17, 15) is 14.0 Å². The number of carbonyl (C=O) groups is 1. The van der Waals surface area contributed by atoms with E-state index in [2.05, 4.69) is 27.5 Å². The van der Waals surface area contributed by atoms with E-state index >= 15 is 0 Å². The third-order valence-corrected chi connectivity index (χ3v) is 6.06. The highest BCUT2D eigenvalue weighted by molar-refractivity contribution is 5.76. The average Bonchev–Trinajstić information content (AvgIpc) is 3.19. The van der Waals surface area contributed by atoms with E-state index in [4.69, 9.17) is 4.74 Å². The third kappa shape index (κ3) is 5.91. The Bertz CT molecular complexity index is 1290. The van der Waals surface area contributed by atoms with Crippen molar-refractivity contribution in [2.45, 2.75) is 39.3 Å². The van der Waals surface area contributed by atoms with E-state index in [0.29, 0.717) is 11.3 Å². The van der Waals surface area contributed by atoms with Gasteiger partial charge in [0.15, 0.2) is 17.4 Å². The van der Waals surface area contributed by atoms with Crippen LogP contribution < -0.4 is 15.7 Å². The zero-order valence-corrected chi connectivity index (χ0v) is 20.9. The highest BCUT2D eigenvalue weighted by atomic mass is 19.1. The van der Waals surface area contributed by atoms with Gasteiger partial charge in [0.2, 0.25) is 5.91 Å². The molecule has 0 saturated heterocycles. The second-order valence-electron chi connectivity index (χ2n) is 9.15. The molecule has 8 nitrogen and oxygen atoms in total. The van der Waals surface area contributed by atoms with E-state index in [1.54, 1.807) is 0 Å². The maximum Gasteiger partial charge on any atom is 0.351 e. The number of nitrogens with zero attached hydrogens (tertiary/aromatic N) is 4. The minimum atomic E-state index is -0.525. The van der Waals surface area contributed by atoms with Crippen molar-refractivity contribution in [1.29, 1.82) is 0 Å². The number of hydrogen-bond acceptors (Lipinski definition) is 5. The lowest BCUT2D eigenvalue weighted by atomic mass is 10.1. The molecule has 0 bridgehead atoms. The molecule has 190 valence electrons. The third-order valence-electron chi connectivity index (χ3n) is 6.06. The van der Waals surface area contributed by atoms with Gasteiger partial charge in [-0.25, -0.2) is 9.18 Å². The van der Waals surface area contributed by atoms with E-state index in [-0.39, 0.29) is 30.1 Å². The van der Waals surface area contributed by atoms with Crippen LogP contribution in [-0.2, 0) is 17.8 Å². The SMILES string of the molecule is COc1cc(-c2nn(-c3ccc(CCN4CC=CCC4)cc3)c(=O)n2CC(=O)NC(C)C)ccc1F. The highest BCUT2D eigenvalue weighted by Crippen LogP contribution is 2.25. The summed E-state index contributed by atoms with van der Waals surface area (Å²) < 4.78 is 21.7. The molecule has 9 heteroatoms. The Hall–Kier alpha value is -3.72. The first-order chi connectivity index (χ1) is 17.4. The van der Waals surface area contributed by atoms with Gasteiger partial charge >= 0.3 is 5.69 Å². The fourth-order valence-corrected chi connectivity index (χ4v) is 4.21. The molecule has 0 radical (unpaired) electrons. The molecule has 3 aromatic rings. The lowest BCUT2D eigenvalue weighted by Gasteiger charge is -2.22. The van der Waals surface area contributed by atoms with Crippen LogP contribution in [0.3, 0.4) is 0 Å². The second kappa shape index (κ2) is 11.3. The van der Waals surface area contributed by atoms with Crippen molar-refractivity contribution in [3.05, 3.63) is 76.5 Å². The molecule has 36 heavy (non-hydrogen) atoms. The van der Waals surface area contributed by atoms with Crippen LogP contribution in [-0.4, -0.2) is 57.9 Å². The summed E-state index contributed by atoms with van der Waals surface area (Å²) >= 11 is 0. The molecule has 1 N–H and O–H groups in total. The normalized spacial score (nSPS) is 13.8. The van der Waals surface area contributed by atoms with Gasteiger partial charge in [-0.1, -0.05) is 24.3 Å². The molecule has 1 amide bonds. The van der Waals surface area contributed by atoms with Gasteiger partial charge in [-0.15, -0.1) is 5.10 Å². The van der Waals surface area contributed by atoms with Gasteiger partial charge in [-0.3, -0.25) is 14.3 Å². The number of halogens is 1. The molecule has 1 aliphatic rings. The molecule has 0 aliphatic carbocycles. The number of nitrogens with one attached hydrogen (secondary N) is 1. The number of ether oxygens (including phenoxy) is 1. The zero-order chi connectivity index (χ0) is 25.7. The maximum atomic E-state index is 14.0. The molecular weight excluding hydrogens is 461 g/mol. The zero-order valence-electron chi connectivity index (χ0n) is 20.9. The molecule has 4 rings (SSSR count). The Balaban J connectivity index is 1.64. The van der Waals surface area contributed by atoms with Crippen LogP contribution in [0.15, 0.2) is 59.4 Å². The van der Waals surface area contributed by atoms with Crippen LogP contribution in [0.4, 0.5) is 4.39 Å². The Morgan fingerprint density at radius 3 is 2.61 bits per heavy atom. The van der Waals surface area contributed by atoms with Crippen molar-refractivity contribution in [1.82, 2.24) is 24.6 Å². The summed E-state index contributed by atoms with van der Waals surface area (Å²) in [5.74, 6) is -0.561. The van der Waals surface area contributed by atoms with Gasteiger partial charge in [0, 0.05) is 31.2 Å². The predicted octanol–water partition coefficient (Wildman–Crippen LogP) is 3.18. The molecule has 2 heterocycles. The van der Waals surface area contributed by atoms with Gasteiger partial charge in [-0.2, -0.15) is 4.68 Å². The fraction of sp³-hybridized carbons (Fsp3) is 0.370. The number of rotatable bonds is 9. The van der Waals surface area contributed by atoms with Crippen LogP contribution >= 0.6 is 0 Å². The first kappa shape index (κ1) is 25.4. The summed E-state index contributed by atoms with van der Waals surface area (Å²) in [6, 6.07) is 11.9. The van der Waals surface area contributed by atoms with E-state index in [1.165, 1.54) is 40.1 Å². The Kier molecular flexibility index (Phi) is 8.00. The van der Waals surface area contributed by atoms with Crippen molar-refractivity contribution in [3.8, 4) is 22.8 Å². The number of aromatic nitrogens is 3. The number of amides is 1. The summed E-state index contributed by atoms with van der Waals surface area (Å²) in [6.07, 6.45) is 6.41. The summed E-state index contributed by atoms with van der Waals surface area (Å²) in [4.78, 5) is 28.3. The van der Waals surface area contributed by atoms with Crippen molar-refractivity contribution in [3.63, 3.8) is 0 Å². The molecule has 0 spiro atoms. The molecule has 1 aliphatic heterocycles. The number of benzene rings is 2. The first-order valence-electron chi connectivity index (χ1n) is 12.2. The summed E-state index contributed by atoms with van der Waals surface area (Å²) in [6.45, 7) is 6.50. The van der Waals surface area contributed by atoms with Crippen molar-refractivity contribution >= 4 is 5.91 Å². The summed E-state index contributed by atoms with van der Waals surface area (Å²) in [5, 5.41) is 7.33. The quantitative estimate of drug-likeness (QED) is 0.463. The lowest BCUT2D eigenvalue weighted by molar-refractivity contribution is -0.122. The topological polar surface area (TPSA) is 81.4 Å². The van der Waals surface area contributed by atoms with Crippen LogP contribution in [0.5, 0.6) is 5.75 Å². The Labute approximate surface area is 210 Å². The van der Waals surface area contributed by atoms with Crippen LogP contribution in [0, 0.1) is 5.82 Å². The monoisotopic (exact) mass is 493 g/mol. The Morgan fingerprint density at radius 1 is 1.17 bits per heavy atom. The minimum absolute atomic E-state index is 0.0289. The second-order valence-corrected chi connectivity index (χ2v) is 9.15. The first-order valence-corrected chi connectivity index (χ1v) is 12.2. The molecule has 0 unspecified atom stereocenters. The standard InChI is InChI=1S/C27H32FN5O3/c1-19(2)29-25(34)18-32-26(21-9-12-23(28)24(17-21)36-3)30-33(27(32)35)22-10-7-20(8-11-22)13-16-31-14-5-4-6-15-31/h4-5,7-12,17,19H,6,13-16,18H2,1-3H3,(H,29,34). The smallest absolute Gasteiger partial charge is 0.351 e. The number of hydrogen-bond donors (Lipinski definition) is 1. The average molecular weight is 494 g/mol. The molecule has 2 aromatic carbocycles. The minimum Gasteiger partial charge on any atom is -0.494 e. The van der Waals surface area contributed by atoms with Gasteiger partial charge in [0.1, 0.15) is 6.54 Å². The Morgan fingerprint density at radius 2 is 1.94 bits per heavy atom. The van der Waals surface area contributed by atoms with Crippen molar-refractivity contribution in [2.24, 2.45) is 0 Å². The lowest BCUT2D eigenvalue weighted by Crippen LogP contribution is -2.36. The van der Waals surface area contributed by atoms with Gasteiger partial charge in [0.05, 0.1) is 12.8 Å². The van der Waals surface area contributed by atoms with E-state index < -0.39 is 11.5 Å². The molecule has 0 saturated carbocycles. The summed E-state index contributed by atoms with van der Waals surface area (Å²) in [7, 11) is 1.37. The molecule has 1 aromatic heterocycles. The van der Waals surface area contributed by atoms with Crippen LogP contribution in [0.2, 0.25) is 0 Å². The number of carbonyl (C=O) groups excluding carboxylic acids is 1. The largest absolute Gasteiger partial charge is 0.494 e. The van der Waals surface area contributed by atoms with E-state index in [0.717, 1.165) is 32.5 Å². The van der Waals surface area contributed by atoms with Crippen LogP contribution in [0.25, 0.3) is 17.1 Å². The van der Waals surface area contributed by atoms with Gasteiger partial charge in [-0.05, 0) is 62.6 Å². The maximum absolute atomic E-state index is 14.0. The fourth-order valence-electron chi connectivity index (χ4n) is 4.21. The predicted molar refractivity (Wildman–Crippen MR) is 137 cm³/mol. The summed E-state index contributed by atoms with van der Waals surface area (Å²) in [5.41, 5.74) is 1.76. The van der Waals surface area contributed by atoms with Gasteiger partial charge < -0.3 is 10.1 Å². The highest BCUT2D eigenvalue weighted by Gasteiger charge is 2.20. The number of methoxy groups -OCH3 is 1. The molecule has 0 fully saturated rings. The van der Waals surface area contributed by atoms with Crippen LogP contribution in [0.1, 0.15) is 25.8 Å².